The Hall–Kier alpha value is -3.67. The predicted molar refractivity (Wildman–Crippen MR) is 151 cm³/mol. The minimum atomic E-state index is -3.69. The van der Waals surface area contributed by atoms with E-state index >= 15 is 0 Å². The lowest BCUT2D eigenvalue weighted by atomic mass is 10.1. The number of halogens is 1. The van der Waals surface area contributed by atoms with Crippen LogP contribution in [0.4, 0.5) is 0 Å². The summed E-state index contributed by atoms with van der Waals surface area (Å²) in [5.41, 5.74) is 2.89. The number of aliphatic hydroxyl groups is 1. The summed E-state index contributed by atoms with van der Waals surface area (Å²) < 4.78 is 31.4. The summed E-state index contributed by atoms with van der Waals surface area (Å²) in [6, 6.07) is 32.1. The Labute approximate surface area is 234 Å². The van der Waals surface area contributed by atoms with Crippen LogP contribution in [0.15, 0.2) is 113 Å². The summed E-state index contributed by atoms with van der Waals surface area (Å²) in [7, 11) is -3.69. The van der Waals surface area contributed by atoms with Crippen molar-refractivity contribution in [3.63, 3.8) is 0 Å². The second kappa shape index (κ2) is 13.4. The summed E-state index contributed by atoms with van der Waals surface area (Å²) in [5.74, 6) is 0.436. The van der Waals surface area contributed by atoms with Gasteiger partial charge in [0.25, 0.3) is 0 Å². The van der Waals surface area contributed by atoms with E-state index in [1.54, 1.807) is 24.3 Å². The molecule has 0 radical (unpaired) electrons. The van der Waals surface area contributed by atoms with Gasteiger partial charge in [-0.25, -0.2) is 8.42 Å². The van der Waals surface area contributed by atoms with Crippen molar-refractivity contribution in [3.05, 3.63) is 125 Å². The molecule has 0 aliphatic heterocycles. The number of aliphatic hydroxyl groups excluding tert-OH is 1. The minimum Gasteiger partial charge on any atom is -0.479 e. The number of rotatable bonds is 12. The van der Waals surface area contributed by atoms with Crippen molar-refractivity contribution < 1.29 is 18.3 Å². The maximum absolute atomic E-state index is 13.1. The lowest BCUT2D eigenvalue weighted by Crippen LogP contribution is -2.30. The zero-order chi connectivity index (χ0) is 27.7. The van der Waals surface area contributed by atoms with Crippen LogP contribution < -0.4 is 4.74 Å². The van der Waals surface area contributed by atoms with E-state index in [0.717, 1.165) is 16.7 Å². The first-order valence-corrected chi connectivity index (χ1v) is 14.3. The predicted octanol–water partition coefficient (Wildman–Crippen LogP) is 5.85. The van der Waals surface area contributed by atoms with Crippen LogP contribution >= 0.6 is 11.6 Å². The minimum absolute atomic E-state index is 0.101. The third kappa shape index (κ3) is 7.92. The number of sulfone groups is 1. The summed E-state index contributed by atoms with van der Waals surface area (Å²) >= 11 is 6.12. The van der Waals surface area contributed by atoms with Crippen LogP contribution in [0.3, 0.4) is 0 Å². The molecule has 39 heavy (non-hydrogen) atoms. The Morgan fingerprint density at radius 3 is 2.18 bits per heavy atom. The number of nitrogens with zero attached hydrogens (tertiary/aromatic N) is 2. The fourth-order valence-corrected chi connectivity index (χ4v) is 5.69. The van der Waals surface area contributed by atoms with Crippen molar-refractivity contribution in [2.24, 2.45) is 0 Å². The van der Waals surface area contributed by atoms with Gasteiger partial charge in [0.2, 0.25) is 9.84 Å². The maximum atomic E-state index is 13.1. The average molecular weight is 561 g/mol. The van der Waals surface area contributed by atoms with E-state index in [1.165, 1.54) is 24.3 Å². The van der Waals surface area contributed by atoms with E-state index in [1.807, 2.05) is 48.5 Å². The summed E-state index contributed by atoms with van der Waals surface area (Å²) in [6.07, 6.45) is -0.0167. The van der Waals surface area contributed by atoms with Gasteiger partial charge in [-0.15, -0.1) is 0 Å². The number of ether oxygens (including phenoxy) is 1. The lowest BCUT2D eigenvalue weighted by Gasteiger charge is -2.25. The fourth-order valence-electron chi connectivity index (χ4n) is 4.23. The van der Waals surface area contributed by atoms with Gasteiger partial charge in [-0.1, -0.05) is 66.2 Å². The molecule has 6 nitrogen and oxygen atoms in total. The van der Waals surface area contributed by atoms with Crippen LogP contribution in [-0.2, 0) is 22.8 Å². The zero-order valence-corrected chi connectivity index (χ0v) is 22.9. The third-order valence-electron chi connectivity index (χ3n) is 6.30. The molecule has 0 bridgehead atoms. The first-order valence-electron chi connectivity index (χ1n) is 12.5. The highest BCUT2D eigenvalue weighted by molar-refractivity contribution is 7.91. The van der Waals surface area contributed by atoms with E-state index in [2.05, 4.69) is 17.0 Å². The quantitative estimate of drug-likeness (QED) is 0.234. The molecule has 8 heteroatoms. The van der Waals surface area contributed by atoms with Crippen molar-refractivity contribution >= 4 is 21.4 Å². The fraction of sp³-hybridized carbons (Fsp3) is 0.194. The normalized spacial score (nSPS) is 12.2. The van der Waals surface area contributed by atoms with Crippen molar-refractivity contribution in [1.82, 2.24) is 4.90 Å². The van der Waals surface area contributed by atoms with Crippen molar-refractivity contribution in [2.75, 3.05) is 19.7 Å². The Balaban J connectivity index is 1.43. The molecular formula is C31H29ClN2O4S. The van der Waals surface area contributed by atoms with Gasteiger partial charge in [-0.3, -0.25) is 4.90 Å². The Kier molecular flexibility index (Phi) is 9.74. The van der Waals surface area contributed by atoms with E-state index < -0.39 is 15.9 Å². The standard InChI is InChI=1S/C31H29ClN2O4S/c32-27-8-4-7-26(21-27)31(35)23-34(22-25-5-2-1-3-6-25)19-17-24-9-13-29(14-10-24)39(36,37)30-15-11-28(12-16-30)38-20-18-33/h1-16,21,31,35H,17,19-20,22-23H2. The molecule has 0 saturated carbocycles. The van der Waals surface area contributed by atoms with Crippen LogP contribution in [-0.4, -0.2) is 38.1 Å². The molecule has 4 rings (SSSR count). The number of hydrogen-bond acceptors (Lipinski definition) is 6. The van der Waals surface area contributed by atoms with E-state index in [4.69, 9.17) is 21.6 Å². The number of hydrogen-bond donors (Lipinski definition) is 1. The largest absolute Gasteiger partial charge is 0.479 e. The Morgan fingerprint density at radius 1 is 0.872 bits per heavy atom. The monoisotopic (exact) mass is 560 g/mol. The van der Waals surface area contributed by atoms with Gasteiger partial charge in [0.1, 0.15) is 11.8 Å². The molecule has 4 aromatic carbocycles. The van der Waals surface area contributed by atoms with Crippen molar-refractivity contribution in [2.45, 2.75) is 28.9 Å². The van der Waals surface area contributed by atoms with Gasteiger partial charge in [0.15, 0.2) is 6.61 Å². The van der Waals surface area contributed by atoms with E-state index in [9.17, 15) is 13.5 Å². The van der Waals surface area contributed by atoms with Crippen molar-refractivity contribution in [1.29, 1.82) is 5.26 Å². The molecular weight excluding hydrogens is 532 g/mol. The summed E-state index contributed by atoms with van der Waals surface area (Å²) in [4.78, 5) is 2.54. The lowest BCUT2D eigenvalue weighted by molar-refractivity contribution is 0.109. The highest BCUT2D eigenvalue weighted by atomic mass is 35.5. The molecule has 1 N–H and O–H groups in total. The van der Waals surface area contributed by atoms with Gasteiger partial charge in [-0.05, 0) is 71.6 Å². The van der Waals surface area contributed by atoms with Crippen molar-refractivity contribution in [3.8, 4) is 11.8 Å². The second-order valence-corrected chi connectivity index (χ2v) is 11.5. The van der Waals surface area contributed by atoms with Gasteiger partial charge in [0, 0.05) is 24.7 Å². The van der Waals surface area contributed by atoms with E-state index in [-0.39, 0.29) is 16.4 Å². The van der Waals surface area contributed by atoms with Gasteiger partial charge in [0.05, 0.1) is 15.9 Å². The number of nitriles is 1. The maximum Gasteiger partial charge on any atom is 0.206 e. The van der Waals surface area contributed by atoms with Crippen LogP contribution in [0.1, 0.15) is 22.8 Å². The molecule has 0 aromatic heterocycles. The first kappa shape index (κ1) is 28.3. The molecule has 0 saturated heterocycles. The first-order chi connectivity index (χ1) is 18.8. The van der Waals surface area contributed by atoms with E-state index in [0.29, 0.717) is 36.8 Å². The SMILES string of the molecule is N#CCOc1ccc(S(=O)(=O)c2ccc(CCN(Cc3ccccc3)CC(O)c3cccc(Cl)c3)cc2)cc1. The molecule has 0 heterocycles. The summed E-state index contributed by atoms with van der Waals surface area (Å²) in [6.45, 7) is 1.66. The van der Waals surface area contributed by atoms with Gasteiger partial charge in [-0.2, -0.15) is 5.26 Å². The average Bonchev–Trinajstić information content (AvgIpc) is 2.96. The third-order valence-corrected chi connectivity index (χ3v) is 8.32. The van der Waals surface area contributed by atoms with Crippen LogP contribution in [0.25, 0.3) is 0 Å². The molecule has 1 unspecified atom stereocenters. The topological polar surface area (TPSA) is 90.6 Å². The molecule has 0 aliphatic carbocycles. The highest BCUT2D eigenvalue weighted by Crippen LogP contribution is 2.24. The zero-order valence-electron chi connectivity index (χ0n) is 21.3. The molecule has 1 atom stereocenters. The Bertz CT molecular complexity index is 1500. The molecule has 0 fully saturated rings. The van der Waals surface area contributed by atoms with Crippen LogP contribution in [0.2, 0.25) is 5.02 Å². The molecule has 0 aliphatic rings. The molecule has 200 valence electrons. The summed E-state index contributed by atoms with van der Waals surface area (Å²) in [5, 5.41) is 20.1. The van der Waals surface area contributed by atoms with Gasteiger partial charge >= 0.3 is 0 Å². The highest BCUT2D eigenvalue weighted by Gasteiger charge is 2.18. The van der Waals surface area contributed by atoms with Crippen LogP contribution in [0, 0.1) is 11.3 Å². The molecule has 0 amide bonds. The smallest absolute Gasteiger partial charge is 0.206 e. The van der Waals surface area contributed by atoms with Gasteiger partial charge < -0.3 is 9.84 Å². The molecule has 4 aromatic rings. The Morgan fingerprint density at radius 2 is 1.54 bits per heavy atom. The number of benzene rings is 4. The van der Waals surface area contributed by atoms with Crippen LogP contribution in [0.5, 0.6) is 5.75 Å². The second-order valence-electron chi connectivity index (χ2n) is 9.11. The molecule has 0 spiro atoms.